The van der Waals surface area contributed by atoms with Crippen molar-refractivity contribution in [2.24, 2.45) is 5.92 Å². The molecule has 1 amide bonds. The lowest BCUT2D eigenvalue weighted by Crippen LogP contribution is -2.16. The fraction of sp³-hybridized carbons (Fsp3) is 0.333. The summed E-state index contributed by atoms with van der Waals surface area (Å²) >= 11 is 0. The van der Waals surface area contributed by atoms with Gasteiger partial charge in [0, 0.05) is 5.56 Å². The molecule has 24 heavy (non-hydrogen) atoms. The smallest absolute Gasteiger partial charge is 0.311 e. The van der Waals surface area contributed by atoms with Gasteiger partial charge in [-0.1, -0.05) is 12.1 Å². The summed E-state index contributed by atoms with van der Waals surface area (Å²) in [6.07, 6.45) is 3.42. The fourth-order valence-electron chi connectivity index (χ4n) is 2.44. The third kappa shape index (κ3) is 3.76. The molecule has 2 N–H and O–H groups in total. The fourth-order valence-corrected chi connectivity index (χ4v) is 2.44. The Labute approximate surface area is 139 Å². The number of hydrogen-bond acceptors (Lipinski definition) is 4. The Bertz CT molecular complexity index is 761. The van der Waals surface area contributed by atoms with Crippen molar-refractivity contribution in [1.82, 2.24) is 0 Å². The van der Waals surface area contributed by atoms with Gasteiger partial charge in [0.2, 0.25) is 0 Å². The van der Waals surface area contributed by atoms with Crippen LogP contribution in [0.3, 0.4) is 0 Å². The Morgan fingerprint density at radius 3 is 2.79 bits per heavy atom. The monoisotopic (exact) mass is 329 g/mol. The first-order valence-electron chi connectivity index (χ1n) is 7.86. The minimum atomic E-state index is -1.05. The van der Waals surface area contributed by atoms with Crippen molar-refractivity contribution in [3.8, 4) is 5.75 Å². The summed E-state index contributed by atoms with van der Waals surface area (Å²) in [6.45, 7) is 2.35. The minimum absolute atomic E-state index is 0.147. The van der Waals surface area contributed by atoms with Crippen molar-refractivity contribution < 1.29 is 23.8 Å². The van der Waals surface area contributed by atoms with Crippen LogP contribution in [-0.2, 0) is 11.2 Å². The number of amides is 1. The van der Waals surface area contributed by atoms with Crippen LogP contribution in [0.2, 0.25) is 0 Å². The lowest BCUT2D eigenvalue weighted by Gasteiger charge is -2.12. The molecule has 1 fully saturated rings. The zero-order chi connectivity index (χ0) is 17.1. The van der Waals surface area contributed by atoms with Crippen LogP contribution in [0.25, 0.3) is 0 Å². The highest BCUT2D eigenvalue weighted by Crippen LogP contribution is 2.32. The normalized spacial score (nSPS) is 13.5. The molecular weight excluding hydrogens is 310 g/mol. The van der Waals surface area contributed by atoms with E-state index in [1.54, 1.807) is 25.1 Å². The zero-order valence-electron chi connectivity index (χ0n) is 13.4. The van der Waals surface area contributed by atoms with Gasteiger partial charge < -0.3 is 19.6 Å². The average Bonchev–Trinajstić information content (AvgIpc) is 3.29. The number of carbonyl (C=O) groups excluding carboxylic acids is 1. The summed E-state index contributed by atoms with van der Waals surface area (Å²) in [7, 11) is 0. The van der Waals surface area contributed by atoms with Crippen molar-refractivity contribution >= 4 is 17.6 Å². The lowest BCUT2D eigenvalue weighted by atomic mass is 10.1. The van der Waals surface area contributed by atoms with Gasteiger partial charge >= 0.3 is 5.97 Å². The summed E-state index contributed by atoms with van der Waals surface area (Å²) in [6, 6.07) is 7.21. The molecule has 6 heteroatoms. The van der Waals surface area contributed by atoms with Crippen LogP contribution >= 0.6 is 0 Å². The molecule has 126 valence electrons. The molecule has 1 saturated carbocycles. The highest BCUT2D eigenvalue weighted by molar-refractivity contribution is 6.07. The van der Waals surface area contributed by atoms with E-state index in [0.29, 0.717) is 29.5 Å². The predicted molar refractivity (Wildman–Crippen MR) is 87.4 cm³/mol. The molecule has 0 bridgehead atoms. The third-order valence-electron chi connectivity index (χ3n) is 3.90. The van der Waals surface area contributed by atoms with E-state index in [9.17, 15) is 9.59 Å². The average molecular weight is 329 g/mol. The number of para-hydroxylation sites is 2. The summed E-state index contributed by atoms with van der Waals surface area (Å²) in [4.78, 5) is 23.5. The highest BCUT2D eigenvalue weighted by atomic mass is 16.5. The SMILES string of the molecule is Cc1coc(CC(=O)O)c1C(=O)Nc1ccccc1OCC1CC1. The summed E-state index contributed by atoms with van der Waals surface area (Å²) in [5, 5.41) is 11.7. The van der Waals surface area contributed by atoms with Gasteiger partial charge in [-0.15, -0.1) is 0 Å². The Morgan fingerprint density at radius 1 is 1.33 bits per heavy atom. The van der Waals surface area contributed by atoms with Gasteiger partial charge in [-0.2, -0.15) is 0 Å². The molecule has 1 aromatic heterocycles. The van der Waals surface area contributed by atoms with E-state index in [0.717, 1.165) is 0 Å². The first kappa shape index (κ1) is 16.1. The van der Waals surface area contributed by atoms with Crippen LogP contribution in [0.5, 0.6) is 5.75 Å². The van der Waals surface area contributed by atoms with Gasteiger partial charge in [0.05, 0.1) is 24.1 Å². The van der Waals surface area contributed by atoms with E-state index in [1.807, 2.05) is 6.07 Å². The first-order valence-corrected chi connectivity index (χ1v) is 7.86. The van der Waals surface area contributed by atoms with Crippen molar-refractivity contribution in [2.45, 2.75) is 26.2 Å². The molecule has 0 saturated heterocycles. The summed E-state index contributed by atoms with van der Waals surface area (Å²) < 4.78 is 11.0. The second-order valence-corrected chi connectivity index (χ2v) is 5.99. The maximum Gasteiger partial charge on any atom is 0.311 e. The van der Waals surface area contributed by atoms with Crippen molar-refractivity contribution in [3.05, 3.63) is 47.4 Å². The molecule has 0 aliphatic heterocycles. The number of aryl methyl sites for hydroxylation is 1. The Morgan fingerprint density at radius 2 is 2.08 bits per heavy atom. The molecule has 3 rings (SSSR count). The van der Waals surface area contributed by atoms with Gasteiger partial charge in [0.1, 0.15) is 17.9 Å². The van der Waals surface area contributed by atoms with E-state index in [1.165, 1.54) is 19.1 Å². The third-order valence-corrected chi connectivity index (χ3v) is 3.90. The highest BCUT2D eigenvalue weighted by Gasteiger charge is 2.24. The number of carboxylic acids is 1. The molecule has 1 aliphatic rings. The van der Waals surface area contributed by atoms with Gasteiger partial charge in [-0.25, -0.2) is 0 Å². The number of furan rings is 1. The van der Waals surface area contributed by atoms with E-state index in [4.69, 9.17) is 14.3 Å². The zero-order valence-corrected chi connectivity index (χ0v) is 13.4. The second-order valence-electron chi connectivity index (χ2n) is 5.99. The van der Waals surface area contributed by atoms with Crippen LogP contribution in [-0.4, -0.2) is 23.6 Å². The predicted octanol–water partition coefficient (Wildman–Crippen LogP) is 3.26. The van der Waals surface area contributed by atoms with E-state index >= 15 is 0 Å². The number of ether oxygens (including phenoxy) is 1. The topological polar surface area (TPSA) is 88.8 Å². The number of nitrogens with one attached hydrogen (secondary N) is 1. The maximum atomic E-state index is 12.6. The molecule has 1 heterocycles. The molecule has 0 radical (unpaired) electrons. The molecule has 1 aromatic carbocycles. The van der Waals surface area contributed by atoms with Gasteiger partial charge in [0.15, 0.2) is 0 Å². The standard InChI is InChI=1S/C18H19NO5/c1-11-9-23-15(8-16(20)21)17(11)18(22)19-13-4-2-3-5-14(13)24-10-12-6-7-12/h2-5,9,12H,6-8,10H2,1H3,(H,19,22)(H,20,21). The van der Waals surface area contributed by atoms with Gasteiger partial charge in [-0.3, -0.25) is 9.59 Å². The number of carbonyl (C=O) groups is 2. The maximum absolute atomic E-state index is 12.6. The van der Waals surface area contributed by atoms with Crippen molar-refractivity contribution in [3.63, 3.8) is 0 Å². The first-order chi connectivity index (χ1) is 11.5. The molecule has 1 aliphatic carbocycles. The molecule has 0 unspecified atom stereocenters. The van der Waals surface area contributed by atoms with Crippen molar-refractivity contribution in [1.29, 1.82) is 0 Å². The lowest BCUT2D eigenvalue weighted by molar-refractivity contribution is -0.136. The van der Waals surface area contributed by atoms with Crippen LogP contribution in [0, 0.1) is 12.8 Å². The summed E-state index contributed by atoms with van der Waals surface area (Å²) in [5.41, 5.74) is 1.42. The quantitative estimate of drug-likeness (QED) is 0.814. The van der Waals surface area contributed by atoms with E-state index in [-0.39, 0.29) is 17.7 Å². The largest absolute Gasteiger partial charge is 0.491 e. The Balaban J connectivity index is 1.77. The number of hydrogen-bond donors (Lipinski definition) is 2. The summed E-state index contributed by atoms with van der Waals surface area (Å²) in [5.74, 6) is -0.0915. The molecule has 0 atom stereocenters. The number of benzene rings is 1. The number of aliphatic carboxylic acids is 1. The van der Waals surface area contributed by atoms with Crippen LogP contribution in [0.15, 0.2) is 34.9 Å². The Hall–Kier alpha value is -2.76. The second kappa shape index (κ2) is 6.78. The minimum Gasteiger partial charge on any atom is -0.491 e. The van der Waals surface area contributed by atoms with Crippen LogP contribution in [0.4, 0.5) is 5.69 Å². The van der Waals surface area contributed by atoms with E-state index in [2.05, 4.69) is 5.32 Å². The molecule has 6 nitrogen and oxygen atoms in total. The number of carboxylic acid groups (broad SMARTS) is 1. The number of rotatable bonds is 7. The van der Waals surface area contributed by atoms with Crippen LogP contribution < -0.4 is 10.1 Å². The molecule has 2 aromatic rings. The Kier molecular flexibility index (Phi) is 4.55. The molecular formula is C18H19NO5. The molecule has 0 spiro atoms. The van der Waals surface area contributed by atoms with Crippen molar-refractivity contribution in [2.75, 3.05) is 11.9 Å². The van der Waals surface area contributed by atoms with E-state index < -0.39 is 11.9 Å². The van der Waals surface area contributed by atoms with Gasteiger partial charge in [-0.05, 0) is 37.8 Å². The van der Waals surface area contributed by atoms with Gasteiger partial charge in [0.25, 0.3) is 5.91 Å². The van der Waals surface area contributed by atoms with Crippen LogP contribution in [0.1, 0.15) is 34.5 Å². The number of anilines is 1.